The second-order valence-electron chi connectivity index (χ2n) is 5.21. The van der Waals surface area contributed by atoms with E-state index in [1.807, 2.05) is 55.5 Å². The second-order valence-corrected chi connectivity index (χ2v) is 5.21. The fourth-order valence-electron chi connectivity index (χ4n) is 2.44. The number of rotatable bonds is 3. The van der Waals surface area contributed by atoms with Crippen LogP contribution in [0.5, 0.6) is 0 Å². The van der Waals surface area contributed by atoms with Crippen LogP contribution in [-0.2, 0) is 0 Å². The minimum Gasteiger partial charge on any atom is -0.385 e. The van der Waals surface area contributed by atoms with Gasteiger partial charge in [0.15, 0.2) is 0 Å². The van der Waals surface area contributed by atoms with Crippen molar-refractivity contribution in [1.29, 1.82) is 0 Å². The number of aromatic nitrogens is 1. The highest BCUT2D eigenvalue weighted by atomic mass is 16.3. The Kier molecular flexibility index (Phi) is 3.69. The van der Waals surface area contributed by atoms with Gasteiger partial charge < -0.3 is 10.2 Å². The van der Waals surface area contributed by atoms with Crippen LogP contribution in [0.2, 0.25) is 0 Å². The highest BCUT2D eigenvalue weighted by molar-refractivity contribution is 5.79. The Labute approximate surface area is 123 Å². The molecule has 21 heavy (non-hydrogen) atoms. The highest BCUT2D eigenvalue weighted by Crippen LogP contribution is 2.30. The Balaban J connectivity index is 1.94. The van der Waals surface area contributed by atoms with Gasteiger partial charge in [-0.05, 0) is 36.2 Å². The van der Waals surface area contributed by atoms with Gasteiger partial charge in [0, 0.05) is 11.1 Å². The molecule has 106 valence electrons. The summed E-state index contributed by atoms with van der Waals surface area (Å²) in [6.07, 6.45) is -1.90. The van der Waals surface area contributed by atoms with Gasteiger partial charge in [0.05, 0.1) is 5.52 Å². The number of aliphatic hydroxyl groups excluding tert-OH is 2. The fraction of sp³-hybridized carbons (Fsp3) is 0.167. The predicted molar refractivity (Wildman–Crippen MR) is 82.8 cm³/mol. The topological polar surface area (TPSA) is 53.4 Å². The monoisotopic (exact) mass is 279 g/mol. The third kappa shape index (κ3) is 2.79. The molecule has 2 atom stereocenters. The number of fused-ring (bicyclic) bond motifs is 1. The lowest BCUT2D eigenvalue weighted by molar-refractivity contribution is 0.0173. The molecule has 2 N–H and O–H groups in total. The minimum absolute atomic E-state index is 0.685. The van der Waals surface area contributed by atoms with E-state index in [0.717, 1.165) is 16.6 Å². The first-order valence-corrected chi connectivity index (χ1v) is 6.93. The summed E-state index contributed by atoms with van der Waals surface area (Å²) in [7, 11) is 0. The summed E-state index contributed by atoms with van der Waals surface area (Å²) in [6, 6.07) is 18.7. The fourth-order valence-corrected chi connectivity index (χ4v) is 2.44. The van der Waals surface area contributed by atoms with Crippen molar-refractivity contribution < 1.29 is 10.2 Å². The van der Waals surface area contributed by atoms with E-state index in [1.54, 1.807) is 12.1 Å². The van der Waals surface area contributed by atoms with Gasteiger partial charge in [-0.25, -0.2) is 0 Å². The maximum Gasteiger partial charge on any atom is 0.109 e. The van der Waals surface area contributed by atoms with Crippen LogP contribution < -0.4 is 0 Å². The molecule has 3 aromatic rings. The lowest BCUT2D eigenvalue weighted by Crippen LogP contribution is -2.10. The minimum atomic E-state index is -0.960. The third-order valence-electron chi connectivity index (χ3n) is 3.63. The van der Waals surface area contributed by atoms with Crippen molar-refractivity contribution in [3.05, 3.63) is 77.5 Å². The van der Waals surface area contributed by atoms with Crippen molar-refractivity contribution >= 4 is 10.9 Å². The Hall–Kier alpha value is -2.23. The molecule has 2 aromatic carbocycles. The quantitative estimate of drug-likeness (QED) is 0.773. The average Bonchev–Trinajstić information content (AvgIpc) is 2.53. The van der Waals surface area contributed by atoms with Gasteiger partial charge in [-0.2, -0.15) is 0 Å². The summed E-state index contributed by atoms with van der Waals surface area (Å²) in [4.78, 5) is 4.43. The van der Waals surface area contributed by atoms with E-state index in [9.17, 15) is 10.2 Å². The number of hydrogen-bond acceptors (Lipinski definition) is 3. The van der Waals surface area contributed by atoms with E-state index in [4.69, 9.17) is 0 Å². The van der Waals surface area contributed by atoms with Crippen LogP contribution in [0.1, 0.15) is 29.0 Å². The first-order valence-electron chi connectivity index (χ1n) is 6.93. The molecule has 2 unspecified atom stereocenters. The Morgan fingerprint density at radius 1 is 0.810 bits per heavy atom. The molecule has 0 saturated carbocycles. The molecule has 1 aromatic heterocycles. The van der Waals surface area contributed by atoms with Crippen molar-refractivity contribution in [1.82, 2.24) is 4.98 Å². The van der Waals surface area contributed by atoms with Gasteiger partial charge in [0.2, 0.25) is 0 Å². The first-order chi connectivity index (χ1) is 10.1. The molecule has 0 spiro atoms. The Morgan fingerprint density at radius 2 is 1.52 bits per heavy atom. The number of nitrogens with zero attached hydrogens (tertiary/aromatic N) is 1. The molecule has 0 fully saturated rings. The standard InChI is InChI=1S/C18H17NO2/c1-12-7-8-14-11-15(9-10-16(14)19-12)18(21)17(20)13-5-3-2-4-6-13/h2-11,17-18,20-21H,1H3. The summed E-state index contributed by atoms with van der Waals surface area (Å²) in [5, 5.41) is 21.6. The maximum absolute atomic E-state index is 10.4. The summed E-state index contributed by atoms with van der Waals surface area (Å²) in [5.74, 6) is 0. The third-order valence-corrected chi connectivity index (χ3v) is 3.63. The van der Waals surface area contributed by atoms with Crippen molar-refractivity contribution in [2.24, 2.45) is 0 Å². The molecule has 1 heterocycles. The number of benzene rings is 2. The molecule has 0 saturated heterocycles. The lowest BCUT2D eigenvalue weighted by Gasteiger charge is -2.19. The number of hydrogen-bond donors (Lipinski definition) is 2. The lowest BCUT2D eigenvalue weighted by atomic mass is 9.97. The van der Waals surface area contributed by atoms with E-state index >= 15 is 0 Å². The Bertz CT molecular complexity index is 756. The number of aryl methyl sites for hydroxylation is 1. The molecule has 3 rings (SSSR count). The molecule has 0 radical (unpaired) electrons. The van der Waals surface area contributed by atoms with Gasteiger partial charge >= 0.3 is 0 Å². The normalized spacial score (nSPS) is 14.0. The molecule has 3 nitrogen and oxygen atoms in total. The van der Waals surface area contributed by atoms with E-state index in [0.29, 0.717) is 11.1 Å². The van der Waals surface area contributed by atoms with E-state index in [1.165, 1.54) is 0 Å². The zero-order valence-corrected chi connectivity index (χ0v) is 11.8. The SMILES string of the molecule is Cc1ccc2cc(C(O)C(O)c3ccccc3)ccc2n1. The highest BCUT2D eigenvalue weighted by Gasteiger charge is 2.20. The van der Waals surface area contributed by atoms with Crippen LogP contribution in [-0.4, -0.2) is 15.2 Å². The van der Waals surface area contributed by atoms with Crippen molar-refractivity contribution in [2.75, 3.05) is 0 Å². The molecule has 0 aliphatic carbocycles. The molecule has 0 aliphatic rings. The van der Waals surface area contributed by atoms with Crippen LogP contribution in [0.15, 0.2) is 60.7 Å². The van der Waals surface area contributed by atoms with Crippen LogP contribution >= 0.6 is 0 Å². The maximum atomic E-state index is 10.4. The van der Waals surface area contributed by atoms with Crippen molar-refractivity contribution in [2.45, 2.75) is 19.1 Å². The largest absolute Gasteiger partial charge is 0.385 e. The summed E-state index contributed by atoms with van der Waals surface area (Å²) in [6.45, 7) is 1.95. The van der Waals surface area contributed by atoms with Gasteiger partial charge in [-0.1, -0.05) is 42.5 Å². The van der Waals surface area contributed by atoms with Crippen molar-refractivity contribution in [3.8, 4) is 0 Å². The first kappa shape index (κ1) is 13.7. The van der Waals surface area contributed by atoms with Crippen LogP contribution in [0, 0.1) is 6.92 Å². The van der Waals surface area contributed by atoms with Crippen LogP contribution in [0.4, 0.5) is 0 Å². The van der Waals surface area contributed by atoms with Gasteiger partial charge in [-0.15, -0.1) is 0 Å². The average molecular weight is 279 g/mol. The summed E-state index contributed by atoms with van der Waals surface area (Å²) >= 11 is 0. The number of pyridine rings is 1. The van der Waals surface area contributed by atoms with E-state index in [2.05, 4.69) is 4.98 Å². The second kappa shape index (κ2) is 5.64. The van der Waals surface area contributed by atoms with Gasteiger partial charge in [0.25, 0.3) is 0 Å². The molecule has 0 bridgehead atoms. The van der Waals surface area contributed by atoms with Gasteiger partial charge in [0.1, 0.15) is 12.2 Å². The Morgan fingerprint density at radius 3 is 2.29 bits per heavy atom. The molecule has 3 heteroatoms. The zero-order chi connectivity index (χ0) is 14.8. The number of aliphatic hydroxyl groups is 2. The van der Waals surface area contributed by atoms with Crippen molar-refractivity contribution in [3.63, 3.8) is 0 Å². The predicted octanol–water partition coefficient (Wildman–Crippen LogP) is 3.31. The summed E-state index contributed by atoms with van der Waals surface area (Å²) < 4.78 is 0. The molecular weight excluding hydrogens is 262 g/mol. The van der Waals surface area contributed by atoms with E-state index < -0.39 is 12.2 Å². The molecule has 0 aliphatic heterocycles. The molecular formula is C18H17NO2. The molecule has 0 amide bonds. The van der Waals surface area contributed by atoms with Gasteiger partial charge in [-0.3, -0.25) is 4.98 Å². The van der Waals surface area contributed by atoms with Crippen LogP contribution in [0.25, 0.3) is 10.9 Å². The van der Waals surface area contributed by atoms with E-state index in [-0.39, 0.29) is 0 Å². The summed E-state index contributed by atoms with van der Waals surface area (Å²) in [5.41, 5.74) is 3.23. The van der Waals surface area contributed by atoms with Crippen LogP contribution in [0.3, 0.4) is 0 Å². The zero-order valence-electron chi connectivity index (χ0n) is 11.8. The smallest absolute Gasteiger partial charge is 0.109 e.